The van der Waals surface area contributed by atoms with Crippen molar-refractivity contribution in [1.29, 1.82) is 0 Å². The second-order valence-electron chi connectivity index (χ2n) is 7.64. The molecule has 0 saturated heterocycles. The van der Waals surface area contributed by atoms with Gasteiger partial charge >= 0.3 is 5.97 Å². The van der Waals surface area contributed by atoms with Crippen LogP contribution in [0.2, 0.25) is 5.02 Å². The Morgan fingerprint density at radius 2 is 1.30 bits per heavy atom. The van der Waals surface area contributed by atoms with E-state index in [9.17, 15) is 4.79 Å². The predicted molar refractivity (Wildman–Crippen MR) is 126 cm³/mol. The van der Waals surface area contributed by atoms with Crippen LogP contribution in [0.25, 0.3) is 11.1 Å². The zero-order valence-electron chi connectivity index (χ0n) is 17.8. The maximum Gasteiger partial charge on any atom is 0.343 e. The van der Waals surface area contributed by atoms with Crippen LogP contribution in [-0.4, -0.2) is 5.97 Å². The minimum atomic E-state index is -0.396. The lowest BCUT2D eigenvalue weighted by atomic mass is 10.0. The Hall–Kier alpha value is -2.58. The summed E-state index contributed by atoms with van der Waals surface area (Å²) in [5.41, 5.74) is 5.20. The number of unbranched alkanes of at least 4 members (excludes halogenated alkanes) is 2. The number of carbonyl (C=O) groups is 1. The lowest BCUT2D eigenvalue weighted by Crippen LogP contribution is -2.08. The van der Waals surface area contributed by atoms with E-state index in [-0.39, 0.29) is 0 Å². The summed E-state index contributed by atoms with van der Waals surface area (Å²) in [6.07, 6.45) is 6.83. The van der Waals surface area contributed by atoms with Crippen molar-refractivity contribution in [2.75, 3.05) is 0 Å². The monoisotopic (exact) mass is 420 g/mol. The van der Waals surface area contributed by atoms with Crippen molar-refractivity contribution >= 4 is 17.6 Å². The maximum atomic E-state index is 12.5. The predicted octanol–water partition coefficient (Wildman–Crippen LogP) is 7.91. The third-order valence-electron chi connectivity index (χ3n) is 5.25. The van der Waals surface area contributed by atoms with Crippen molar-refractivity contribution in [3.8, 4) is 16.9 Å². The number of esters is 1. The third kappa shape index (κ3) is 5.96. The van der Waals surface area contributed by atoms with Crippen LogP contribution < -0.4 is 4.74 Å². The number of hydrogen-bond acceptors (Lipinski definition) is 2. The fraction of sp³-hybridized carbons (Fsp3) is 0.296. The number of hydrogen-bond donors (Lipinski definition) is 0. The minimum Gasteiger partial charge on any atom is -0.421 e. The van der Waals surface area contributed by atoms with Gasteiger partial charge in [-0.2, -0.15) is 0 Å². The quantitative estimate of drug-likeness (QED) is 0.259. The highest BCUT2D eigenvalue weighted by Gasteiger charge is 2.12. The summed E-state index contributed by atoms with van der Waals surface area (Å²) in [5, 5.41) is 0.426. The van der Waals surface area contributed by atoms with Crippen LogP contribution >= 0.6 is 11.6 Å². The van der Waals surface area contributed by atoms with E-state index >= 15 is 0 Å². The molecule has 0 unspecified atom stereocenters. The normalized spacial score (nSPS) is 10.8. The summed E-state index contributed by atoms with van der Waals surface area (Å²) >= 11 is 6.42. The van der Waals surface area contributed by atoms with Gasteiger partial charge in [0.05, 0.1) is 10.6 Å². The fourth-order valence-electron chi connectivity index (χ4n) is 3.36. The van der Waals surface area contributed by atoms with E-state index in [1.165, 1.54) is 24.0 Å². The summed E-state index contributed by atoms with van der Waals surface area (Å²) in [6, 6.07) is 21.7. The lowest BCUT2D eigenvalue weighted by Gasteiger charge is -2.10. The first-order chi connectivity index (χ1) is 14.6. The van der Waals surface area contributed by atoms with Gasteiger partial charge in [-0.05, 0) is 72.2 Å². The van der Waals surface area contributed by atoms with Gasteiger partial charge < -0.3 is 4.74 Å². The molecule has 0 aliphatic rings. The summed E-state index contributed by atoms with van der Waals surface area (Å²) in [6.45, 7) is 4.37. The first kappa shape index (κ1) is 22.1. The first-order valence-electron chi connectivity index (χ1n) is 10.8. The molecule has 0 bridgehead atoms. The van der Waals surface area contributed by atoms with Gasteiger partial charge in [-0.25, -0.2) is 4.79 Å². The van der Waals surface area contributed by atoms with Gasteiger partial charge in [-0.3, -0.25) is 0 Å². The van der Waals surface area contributed by atoms with E-state index in [4.69, 9.17) is 16.3 Å². The van der Waals surface area contributed by atoms with Crippen molar-refractivity contribution in [3.05, 3.63) is 88.4 Å². The second-order valence-corrected chi connectivity index (χ2v) is 8.04. The van der Waals surface area contributed by atoms with Crippen LogP contribution in [0.4, 0.5) is 0 Å². The Morgan fingerprint density at radius 3 is 1.83 bits per heavy atom. The Kier molecular flexibility index (Phi) is 8.10. The van der Waals surface area contributed by atoms with E-state index in [1.807, 2.05) is 36.4 Å². The smallest absolute Gasteiger partial charge is 0.343 e. The molecule has 0 fully saturated rings. The highest BCUT2D eigenvalue weighted by molar-refractivity contribution is 6.32. The molecular weight excluding hydrogens is 392 g/mol. The maximum absolute atomic E-state index is 12.5. The highest BCUT2D eigenvalue weighted by atomic mass is 35.5. The Labute approximate surface area is 184 Å². The van der Waals surface area contributed by atoms with Crippen LogP contribution in [0.5, 0.6) is 5.75 Å². The van der Waals surface area contributed by atoms with Gasteiger partial charge in [0.1, 0.15) is 5.75 Å². The minimum absolute atomic E-state index is 0.375. The van der Waals surface area contributed by atoms with Gasteiger partial charge in [-0.15, -0.1) is 0 Å². The number of aryl methyl sites for hydroxylation is 2. The van der Waals surface area contributed by atoms with Gasteiger partial charge in [0, 0.05) is 0 Å². The van der Waals surface area contributed by atoms with Crippen LogP contribution in [-0.2, 0) is 12.8 Å². The van der Waals surface area contributed by atoms with Crippen molar-refractivity contribution in [1.82, 2.24) is 0 Å². The lowest BCUT2D eigenvalue weighted by molar-refractivity contribution is 0.0735. The number of carbonyl (C=O) groups excluding carboxylic acids is 1. The average molecular weight is 421 g/mol. The molecule has 30 heavy (non-hydrogen) atoms. The topological polar surface area (TPSA) is 26.3 Å². The molecule has 0 amide bonds. The largest absolute Gasteiger partial charge is 0.421 e. The molecule has 3 rings (SSSR count). The number of rotatable bonds is 9. The van der Waals surface area contributed by atoms with E-state index in [0.29, 0.717) is 16.3 Å². The molecule has 0 heterocycles. The molecule has 0 atom stereocenters. The van der Waals surface area contributed by atoms with Gasteiger partial charge in [0.15, 0.2) is 0 Å². The van der Waals surface area contributed by atoms with E-state index in [1.54, 1.807) is 6.07 Å². The van der Waals surface area contributed by atoms with E-state index < -0.39 is 5.97 Å². The number of halogens is 1. The summed E-state index contributed by atoms with van der Waals surface area (Å²) in [7, 11) is 0. The van der Waals surface area contributed by atoms with Gasteiger partial charge in [0.2, 0.25) is 0 Å². The van der Waals surface area contributed by atoms with Crippen molar-refractivity contribution in [2.24, 2.45) is 0 Å². The molecule has 156 valence electrons. The van der Waals surface area contributed by atoms with Crippen molar-refractivity contribution in [3.63, 3.8) is 0 Å². The first-order valence-corrected chi connectivity index (χ1v) is 11.2. The Morgan fingerprint density at radius 1 is 0.767 bits per heavy atom. The summed E-state index contributed by atoms with van der Waals surface area (Å²) in [4.78, 5) is 12.5. The van der Waals surface area contributed by atoms with Crippen LogP contribution in [0.1, 0.15) is 61.0 Å². The fourth-order valence-corrected chi connectivity index (χ4v) is 3.57. The summed E-state index contributed by atoms with van der Waals surface area (Å²) < 4.78 is 5.54. The van der Waals surface area contributed by atoms with Gasteiger partial charge in [-0.1, -0.05) is 80.8 Å². The van der Waals surface area contributed by atoms with Crippen LogP contribution in [0, 0.1) is 0 Å². The Bertz CT molecular complexity index is 959. The second kappa shape index (κ2) is 11.0. The van der Waals surface area contributed by atoms with Gasteiger partial charge in [0.25, 0.3) is 0 Å². The van der Waals surface area contributed by atoms with Crippen molar-refractivity contribution in [2.45, 2.75) is 52.4 Å². The molecule has 3 aromatic rings. The number of benzene rings is 3. The molecule has 0 saturated carbocycles. The third-order valence-corrected chi connectivity index (χ3v) is 5.54. The van der Waals surface area contributed by atoms with E-state index in [0.717, 1.165) is 36.8 Å². The van der Waals surface area contributed by atoms with E-state index in [2.05, 4.69) is 38.1 Å². The molecule has 0 spiro atoms. The van der Waals surface area contributed by atoms with Crippen LogP contribution in [0.15, 0.2) is 66.7 Å². The molecule has 0 aliphatic carbocycles. The summed E-state index contributed by atoms with van der Waals surface area (Å²) in [5.74, 6) is -0.0213. The zero-order valence-corrected chi connectivity index (χ0v) is 18.5. The molecule has 0 radical (unpaired) electrons. The molecule has 0 aromatic heterocycles. The standard InChI is InChI=1S/C27H29ClO2/c1-3-5-7-20-9-13-22(14-10-20)24-17-18-26(25(28)19-24)30-27(29)23-15-11-21(12-16-23)8-6-4-2/h9-19H,3-8H2,1-2H3. The highest BCUT2D eigenvalue weighted by Crippen LogP contribution is 2.31. The Balaban J connectivity index is 1.67. The molecule has 3 aromatic carbocycles. The zero-order chi connectivity index (χ0) is 21.3. The molecular formula is C27H29ClO2. The molecule has 0 N–H and O–H groups in total. The average Bonchev–Trinajstić information content (AvgIpc) is 2.78. The number of ether oxygens (including phenoxy) is 1. The SMILES string of the molecule is CCCCc1ccc(C(=O)Oc2ccc(-c3ccc(CCCC)cc3)cc2Cl)cc1. The van der Waals surface area contributed by atoms with Crippen LogP contribution in [0.3, 0.4) is 0 Å². The molecule has 3 heteroatoms. The molecule has 0 aliphatic heterocycles. The van der Waals surface area contributed by atoms with Crippen molar-refractivity contribution < 1.29 is 9.53 Å². The molecule has 2 nitrogen and oxygen atoms in total.